The molecule has 0 spiro atoms. The van der Waals surface area contributed by atoms with E-state index in [1.165, 1.54) is 33.4 Å². The highest BCUT2D eigenvalue weighted by Crippen LogP contribution is 2.34. The highest BCUT2D eigenvalue weighted by atomic mass is 14.6. The number of rotatable bonds is 6. The monoisotopic (exact) mass is 342 g/mol. The van der Waals surface area contributed by atoms with Crippen LogP contribution in [0.5, 0.6) is 0 Å². The zero-order valence-electron chi connectivity index (χ0n) is 15.3. The summed E-state index contributed by atoms with van der Waals surface area (Å²) >= 11 is 0. The summed E-state index contributed by atoms with van der Waals surface area (Å²) in [7, 11) is 0. The van der Waals surface area contributed by atoms with Gasteiger partial charge in [0.25, 0.3) is 0 Å². The molecule has 2 nitrogen and oxygen atoms in total. The quantitative estimate of drug-likeness (QED) is 0.575. The molecule has 0 amide bonds. The summed E-state index contributed by atoms with van der Waals surface area (Å²) < 4.78 is 0. The SMILES string of the molecule is C=C(N)CCc1cc(-c2ccccc2)ccc1-c1cccc(N)c1CC. The molecule has 0 aliphatic heterocycles. The summed E-state index contributed by atoms with van der Waals surface area (Å²) in [5, 5.41) is 0. The summed E-state index contributed by atoms with van der Waals surface area (Å²) in [5.74, 6) is 0. The van der Waals surface area contributed by atoms with Crippen LogP contribution in [0.1, 0.15) is 24.5 Å². The maximum absolute atomic E-state index is 6.23. The molecule has 2 heteroatoms. The highest BCUT2D eigenvalue weighted by molar-refractivity contribution is 5.78. The van der Waals surface area contributed by atoms with E-state index < -0.39 is 0 Å². The Hall–Kier alpha value is -3.00. The smallest absolute Gasteiger partial charge is 0.0352 e. The molecule has 3 rings (SSSR count). The molecule has 26 heavy (non-hydrogen) atoms. The van der Waals surface area contributed by atoms with E-state index in [-0.39, 0.29) is 0 Å². The van der Waals surface area contributed by atoms with Crippen LogP contribution in [0.15, 0.2) is 79.0 Å². The summed E-state index contributed by atoms with van der Waals surface area (Å²) in [6, 6.07) is 23.3. The molecule has 0 aromatic heterocycles. The van der Waals surface area contributed by atoms with Crippen LogP contribution in [0.4, 0.5) is 5.69 Å². The highest BCUT2D eigenvalue weighted by Gasteiger charge is 2.12. The zero-order valence-corrected chi connectivity index (χ0v) is 15.3. The Labute approximate surface area is 156 Å². The van der Waals surface area contributed by atoms with Crippen molar-refractivity contribution >= 4 is 5.69 Å². The number of aryl methyl sites for hydroxylation is 1. The molecule has 0 aliphatic carbocycles. The third-order valence-electron chi connectivity index (χ3n) is 4.78. The van der Waals surface area contributed by atoms with Crippen LogP contribution in [-0.2, 0) is 12.8 Å². The lowest BCUT2D eigenvalue weighted by molar-refractivity contribution is 0.933. The Morgan fingerprint density at radius 1 is 0.885 bits per heavy atom. The van der Waals surface area contributed by atoms with Crippen molar-refractivity contribution in [3.05, 3.63) is 90.1 Å². The van der Waals surface area contributed by atoms with Crippen molar-refractivity contribution in [1.29, 1.82) is 0 Å². The van der Waals surface area contributed by atoms with Gasteiger partial charge in [0.1, 0.15) is 0 Å². The molecule has 132 valence electrons. The van der Waals surface area contributed by atoms with E-state index in [1.807, 2.05) is 18.2 Å². The van der Waals surface area contributed by atoms with Gasteiger partial charge in [0.05, 0.1) is 0 Å². The predicted octanol–water partition coefficient (Wildman–Crippen LogP) is 5.57. The lowest BCUT2D eigenvalue weighted by atomic mass is 9.89. The van der Waals surface area contributed by atoms with E-state index in [9.17, 15) is 0 Å². The van der Waals surface area contributed by atoms with Crippen molar-refractivity contribution in [2.24, 2.45) is 5.73 Å². The first-order valence-electron chi connectivity index (χ1n) is 9.09. The minimum absolute atomic E-state index is 0.712. The van der Waals surface area contributed by atoms with Gasteiger partial charge in [0, 0.05) is 11.4 Å². The lowest BCUT2D eigenvalue weighted by Gasteiger charge is -2.16. The van der Waals surface area contributed by atoms with Crippen molar-refractivity contribution in [2.45, 2.75) is 26.2 Å². The molecule has 0 radical (unpaired) electrons. The molecule has 4 N–H and O–H groups in total. The number of hydrogen-bond acceptors (Lipinski definition) is 2. The Kier molecular flexibility index (Phi) is 5.43. The summed E-state index contributed by atoms with van der Waals surface area (Å²) in [6.45, 7) is 6.01. The number of hydrogen-bond donors (Lipinski definition) is 2. The minimum atomic E-state index is 0.712. The Morgan fingerprint density at radius 3 is 2.35 bits per heavy atom. The second-order valence-corrected chi connectivity index (χ2v) is 6.62. The van der Waals surface area contributed by atoms with Crippen molar-refractivity contribution in [3.8, 4) is 22.3 Å². The molecular weight excluding hydrogens is 316 g/mol. The zero-order chi connectivity index (χ0) is 18.5. The minimum Gasteiger partial charge on any atom is -0.403 e. The average molecular weight is 342 g/mol. The fraction of sp³-hybridized carbons (Fsp3) is 0.167. The van der Waals surface area contributed by atoms with Crippen LogP contribution >= 0.6 is 0 Å². The Morgan fingerprint density at radius 2 is 1.65 bits per heavy atom. The average Bonchev–Trinajstić information content (AvgIpc) is 2.66. The third-order valence-corrected chi connectivity index (χ3v) is 4.78. The van der Waals surface area contributed by atoms with Gasteiger partial charge in [-0.3, -0.25) is 0 Å². The van der Waals surface area contributed by atoms with E-state index in [2.05, 4.69) is 62.0 Å². The van der Waals surface area contributed by atoms with Crippen molar-refractivity contribution in [2.75, 3.05) is 5.73 Å². The van der Waals surface area contributed by atoms with Gasteiger partial charge in [0.15, 0.2) is 0 Å². The normalized spacial score (nSPS) is 10.7. The molecule has 0 bridgehead atoms. The topological polar surface area (TPSA) is 52.0 Å². The van der Waals surface area contributed by atoms with Crippen LogP contribution in [0.3, 0.4) is 0 Å². The summed E-state index contributed by atoms with van der Waals surface area (Å²) in [6.07, 6.45) is 2.55. The molecule has 0 atom stereocenters. The van der Waals surface area contributed by atoms with Gasteiger partial charge < -0.3 is 11.5 Å². The van der Waals surface area contributed by atoms with E-state index in [4.69, 9.17) is 11.5 Å². The number of benzene rings is 3. The second kappa shape index (κ2) is 7.92. The van der Waals surface area contributed by atoms with Gasteiger partial charge in [-0.05, 0) is 58.7 Å². The van der Waals surface area contributed by atoms with Crippen molar-refractivity contribution in [3.63, 3.8) is 0 Å². The van der Waals surface area contributed by atoms with Crippen LogP contribution in [-0.4, -0.2) is 0 Å². The van der Waals surface area contributed by atoms with Gasteiger partial charge in [-0.25, -0.2) is 0 Å². The standard InChI is InChI=1S/C24H26N2/c1-3-21-23(10-7-11-24(21)26)22-15-14-19(18-8-5-4-6-9-18)16-20(22)13-12-17(2)25/h4-11,14-16H,2-3,12-13,25-26H2,1H3. The predicted molar refractivity (Wildman–Crippen MR) is 113 cm³/mol. The van der Waals surface area contributed by atoms with Gasteiger partial charge in [0.2, 0.25) is 0 Å². The molecule has 0 heterocycles. The van der Waals surface area contributed by atoms with E-state index in [0.717, 1.165) is 24.9 Å². The van der Waals surface area contributed by atoms with Gasteiger partial charge >= 0.3 is 0 Å². The first-order valence-corrected chi connectivity index (χ1v) is 9.09. The number of nitrogen functional groups attached to an aromatic ring is 1. The fourth-order valence-electron chi connectivity index (χ4n) is 3.42. The van der Waals surface area contributed by atoms with Gasteiger partial charge in [-0.1, -0.05) is 74.2 Å². The summed E-state index contributed by atoms with van der Waals surface area (Å²) in [5.41, 5.74) is 21.0. The second-order valence-electron chi connectivity index (χ2n) is 6.62. The first-order chi connectivity index (χ1) is 12.6. The van der Waals surface area contributed by atoms with E-state index in [1.54, 1.807) is 0 Å². The fourth-order valence-corrected chi connectivity index (χ4v) is 3.42. The van der Waals surface area contributed by atoms with E-state index >= 15 is 0 Å². The van der Waals surface area contributed by atoms with Crippen molar-refractivity contribution < 1.29 is 0 Å². The molecule has 0 fully saturated rings. The Balaban J connectivity index is 2.13. The van der Waals surface area contributed by atoms with Crippen LogP contribution in [0.25, 0.3) is 22.3 Å². The first kappa shape index (κ1) is 17.8. The van der Waals surface area contributed by atoms with Gasteiger partial charge in [-0.15, -0.1) is 0 Å². The lowest BCUT2D eigenvalue weighted by Crippen LogP contribution is -2.01. The number of nitrogens with two attached hydrogens (primary N) is 2. The van der Waals surface area contributed by atoms with Gasteiger partial charge in [-0.2, -0.15) is 0 Å². The molecule has 0 saturated carbocycles. The van der Waals surface area contributed by atoms with Crippen molar-refractivity contribution in [1.82, 2.24) is 0 Å². The van der Waals surface area contributed by atoms with Crippen LogP contribution in [0.2, 0.25) is 0 Å². The van der Waals surface area contributed by atoms with Crippen LogP contribution < -0.4 is 11.5 Å². The maximum Gasteiger partial charge on any atom is 0.0352 e. The van der Waals surface area contributed by atoms with Crippen LogP contribution in [0, 0.1) is 0 Å². The molecule has 3 aromatic rings. The summed E-state index contributed by atoms with van der Waals surface area (Å²) in [4.78, 5) is 0. The maximum atomic E-state index is 6.23. The largest absolute Gasteiger partial charge is 0.403 e. The van der Waals surface area contributed by atoms with E-state index in [0.29, 0.717) is 5.70 Å². The molecule has 0 aliphatic rings. The molecular formula is C24H26N2. The molecule has 0 saturated heterocycles. The molecule has 3 aromatic carbocycles. The third kappa shape index (κ3) is 3.80. The number of anilines is 1. The molecule has 0 unspecified atom stereocenters. The Bertz CT molecular complexity index is 911. The number of allylic oxidation sites excluding steroid dienone is 1.